The number of nitrogen functional groups attached to an aromatic ring is 1. The van der Waals surface area contributed by atoms with Crippen molar-refractivity contribution < 1.29 is 0 Å². The van der Waals surface area contributed by atoms with Crippen molar-refractivity contribution in [3.63, 3.8) is 0 Å². The van der Waals surface area contributed by atoms with Gasteiger partial charge in [0.25, 0.3) is 0 Å². The summed E-state index contributed by atoms with van der Waals surface area (Å²) in [5, 5.41) is 6.65. The minimum atomic E-state index is -1.36. The molecule has 0 atom stereocenters. The molecule has 0 fully saturated rings. The number of rotatable bonds is 6. The maximum atomic E-state index is 5.99. The van der Waals surface area contributed by atoms with E-state index in [4.69, 9.17) is 5.73 Å². The second-order valence-corrected chi connectivity index (χ2v) is 24.8. The number of hydrogen-bond donors (Lipinski definition) is 2. The van der Waals surface area contributed by atoms with Gasteiger partial charge in [0.1, 0.15) is 0 Å². The lowest BCUT2D eigenvalue weighted by Gasteiger charge is -2.29. The third-order valence-corrected chi connectivity index (χ3v) is 19.1. The van der Waals surface area contributed by atoms with Crippen LogP contribution in [0.1, 0.15) is 49.9 Å². The third kappa shape index (κ3) is 10.2. The number of benzene rings is 4. The Balaban J connectivity index is 0.000000254. The summed E-state index contributed by atoms with van der Waals surface area (Å²) in [6, 6.07) is 29.7. The first-order valence-electron chi connectivity index (χ1n) is 15.5. The van der Waals surface area contributed by atoms with E-state index in [1.807, 2.05) is 36.4 Å². The van der Waals surface area contributed by atoms with Crippen LogP contribution in [0.15, 0.2) is 89.4 Å². The molecule has 232 valence electrons. The van der Waals surface area contributed by atoms with Gasteiger partial charge in [0, 0.05) is 21.5 Å². The van der Waals surface area contributed by atoms with E-state index in [-0.39, 0.29) is 0 Å². The SMILES string of the molecule is Brc1ccccc1.Cc1cc([Si](C)(C)C(C)C)cc(C)c1N.Cc1cc([Si](C)(C)C(C)C)cc(C)c1Nc1ccccc1. The van der Waals surface area contributed by atoms with Crippen LogP contribution < -0.4 is 21.4 Å². The largest absolute Gasteiger partial charge is 0.398 e. The summed E-state index contributed by atoms with van der Waals surface area (Å²) < 4.78 is 1.13. The van der Waals surface area contributed by atoms with Crippen LogP contribution >= 0.6 is 15.9 Å². The molecular formula is C38H55BrN2Si2. The van der Waals surface area contributed by atoms with Gasteiger partial charge in [-0.2, -0.15) is 0 Å². The predicted octanol–water partition coefficient (Wildman–Crippen LogP) is 11.0. The normalized spacial score (nSPS) is 11.4. The molecule has 4 aromatic rings. The van der Waals surface area contributed by atoms with Crippen molar-refractivity contribution in [3.8, 4) is 0 Å². The summed E-state index contributed by atoms with van der Waals surface area (Å²) in [6.07, 6.45) is 0. The highest BCUT2D eigenvalue weighted by molar-refractivity contribution is 9.10. The fourth-order valence-electron chi connectivity index (χ4n) is 4.63. The first kappa shape index (κ1) is 36.6. The zero-order valence-corrected chi connectivity index (χ0v) is 32.3. The number of hydrogen-bond acceptors (Lipinski definition) is 2. The fraction of sp³-hybridized carbons (Fsp3) is 0.368. The summed E-state index contributed by atoms with van der Waals surface area (Å²) in [5.41, 5.74) is 16.0. The van der Waals surface area contributed by atoms with Crippen molar-refractivity contribution >= 4 is 59.5 Å². The molecule has 0 saturated heterocycles. The number of para-hydroxylation sites is 1. The summed E-state index contributed by atoms with van der Waals surface area (Å²) in [6.45, 7) is 27.8. The zero-order chi connectivity index (χ0) is 32.5. The Morgan fingerprint density at radius 3 is 1.26 bits per heavy atom. The smallest absolute Gasteiger partial charge is 0.0831 e. The molecule has 0 aliphatic rings. The van der Waals surface area contributed by atoms with Gasteiger partial charge in [-0.15, -0.1) is 0 Å². The van der Waals surface area contributed by atoms with Gasteiger partial charge in [0.05, 0.1) is 16.1 Å². The molecule has 43 heavy (non-hydrogen) atoms. The molecule has 0 aliphatic heterocycles. The average Bonchev–Trinajstić information content (AvgIpc) is 2.94. The van der Waals surface area contributed by atoms with Crippen molar-refractivity contribution in [2.45, 2.75) is 92.7 Å². The molecule has 0 unspecified atom stereocenters. The van der Waals surface area contributed by atoms with Gasteiger partial charge in [-0.25, -0.2) is 0 Å². The highest BCUT2D eigenvalue weighted by Crippen LogP contribution is 2.27. The molecule has 0 heterocycles. The molecule has 0 aliphatic carbocycles. The Labute approximate surface area is 273 Å². The molecule has 3 N–H and O–H groups in total. The van der Waals surface area contributed by atoms with Gasteiger partial charge in [0.2, 0.25) is 0 Å². The first-order valence-corrected chi connectivity index (χ1v) is 22.4. The molecule has 0 spiro atoms. The molecule has 0 bridgehead atoms. The predicted molar refractivity (Wildman–Crippen MR) is 205 cm³/mol. The average molecular weight is 676 g/mol. The Bertz CT molecular complexity index is 1400. The molecule has 5 heteroatoms. The van der Waals surface area contributed by atoms with Crippen molar-refractivity contribution in [1.29, 1.82) is 0 Å². The molecular weight excluding hydrogens is 621 g/mol. The van der Waals surface area contributed by atoms with Crippen molar-refractivity contribution in [1.82, 2.24) is 0 Å². The molecule has 0 radical (unpaired) electrons. The lowest BCUT2D eigenvalue weighted by Crippen LogP contribution is -2.44. The number of nitrogens with two attached hydrogens (primary N) is 1. The van der Waals surface area contributed by atoms with Crippen LogP contribution in [0.5, 0.6) is 0 Å². The van der Waals surface area contributed by atoms with E-state index in [2.05, 4.69) is 151 Å². The number of halogens is 1. The second kappa shape index (κ2) is 15.9. The maximum absolute atomic E-state index is 5.99. The van der Waals surface area contributed by atoms with Gasteiger partial charge in [-0.05, 0) is 85.3 Å². The van der Waals surface area contributed by atoms with Crippen LogP contribution in [0.3, 0.4) is 0 Å². The molecule has 4 aromatic carbocycles. The third-order valence-electron chi connectivity index (χ3n) is 9.28. The maximum Gasteiger partial charge on any atom is 0.0831 e. The Morgan fingerprint density at radius 2 is 0.930 bits per heavy atom. The van der Waals surface area contributed by atoms with Crippen LogP contribution in [-0.2, 0) is 0 Å². The van der Waals surface area contributed by atoms with Gasteiger partial charge in [-0.1, -0.05) is 141 Å². The van der Waals surface area contributed by atoms with E-state index in [1.54, 1.807) is 5.19 Å². The van der Waals surface area contributed by atoms with E-state index < -0.39 is 16.1 Å². The summed E-state index contributed by atoms with van der Waals surface area (Å²) in [4.78, 5) is 0. The topological polar surface area (TPSA) is 38.0 Å². The molecule has 2 nitrogen and oxygen atoms in total. The number of anilines is 3. The quantitative estimate of drug-likeness (QED) is 0.158. The van der Waals surface area contributed by atoms with Gasteiger partial charge in [-0.3, -0.25) is 0 Å². The van der Waals surface area contributed by atoms with Crippen LogP contribution in [0.25, 0.3) is 0 Å². The second-order valence-electron chi connectivity index (χ2n) is 13.5. The van der Waals surface area contributed by atoms with Gasteiger partial charge in [0.15, 0.2) is 0 Å². The van der Waals surface area contributed by atoms with Crippen LogP contribution in [0, 0.1) is 27.7 Å². The molecule has 0 saturated carbocycles. The van der Waals surface area contributed by atoms with Crippen LogP contribution in [0.4, 0.5) is 17.1 Å². The fourth-order valence-corrected chi connectivity index (χ4v) is 8.62. The van der Waals surface area contributed by atoms with Crippen molar-refractivity contribution in [3.05, 3.63) is 112 Å². The standard InChI is InChI=1S/C19H27NSi.C13H23NSi.C6H5Br/c1-14(2)21(5,6)18-12-15(3)19(16(4)13-18)20-17-10-8-7-9-11-17;1-9(2)15(5,6)12-7-10(3)13(14)11(4)8-12;7-6-4-2-1-3-5-6/h7-14,20H,1-6H3;7-9H,14H2,1-6H3;1-5H. The van der Waals surface area contributed by atoms with Crippen molar-refractivity contribution in [2.24, 2.45) is 0 Å². The van der Waals surface area contributed by atoms with E-state index in [0.717, 1.165) is 26.9 Å². The number of nitrogens with one attached hydrogen (secondary N) is 1. The van der Waals surface area contributed by atoms with Gasteiger partial charge < -0.3 is 11.1 Å². The first-order chi connectivity index (χ1) is 20.0. The van der Waals surface area contributed by atoms with Gasteiger partial charge >= 0.3 is 0 Å². The summed E-state index contributed by atoms with van der Waals surface area (Å²) >= 11 is 3.31. The molecule has 0 aromatic heterocycles. The monoisotopic (exact) mass is 674 g/mol. The minimum absolute atomic E-state index is 0.754. The lowest BCUT2D eigenvalue weighted by atomic mass is 10.1. The zero-order valence-electron chi connectivity index (χ0n) is 28.7. The Hall–Kier alpha value is -2.61. The minimum Gasteiger partial charge on any atom is -0.398 e. The number of aryl methyl sites for hydroxylation is 4. The Kier molecular flexibility index (Phi) is 13.5. The van der Waals surface area contributed by atoms with E-state index >= 15 is 0 Å². The molecule has 0 amide bonds. The van der Waals surface area contributed by atoms with Crippen molar-refractivity contribution in [2.75, 3.05) is 11.1 Å². The summed E-state index contributed by atoms with van der Waals surface area (Å²) in [7, 11) is -2.66. The highest BCUT2D eigenvalue weighted by atomic mass is 79.9. The molecule has 4 rings (SSSR count). The highest BCUT2D eigenvalue weighted by Gasteiger charge is 2.29. The van der Waals surface area contributed by atoms with E-state index in [0.29, 0.717) is 0 Å². The van der Waals surface area contributed by atoms with E-state index in [1.165, 1.54) is 33.1 Å². The lowest BCUT2D eigenvalue weighted by molar-refractivity contribution is 1.02. The summed E-state index contributed by atoms with van der Waals surface area (Å²) in [5.74, 6) is 0. The van der Waals surface area contributed by atoms with Crippen LogP contribution in [0.2, 0.25) is 37.3 Å². The van der Waals surface area contributed by atoms with E-state index in [9.17, 15) is 0 Å². The Morgan fingerprint density at radius 1 is 0.581 bits per heavy atom. The van der Waals surface area contributed by atoms with Crippen LogP contribution in [-0.4, -0.2) is 16.1 Å².